The lowest BCUT2D eigenvalue weighted by Gasteiger charge is -2.18. The molecule has 1 atom stereocenters. The largest absolute Gasteiger partial charge is 0.462 e. The molecular weight excluding hydrogens is 913 g/mol. The number of allylic oxidation sites excluding steroid dienone is 22. The van der Waals surface area contributed by atoms with Gasteiger partial charge in [0, 0.05) is 19.3 Å². The van der Waals surface area contributed by atoms with Gasteiger partial charge in [0.25, 0.3) is 0 Å². The minimum absolute atomic E-state index is 0.0992. The van der Waals surface area contributed by atoms with Crippen LogP contribution in [0.15, 0.2) is 134 Å². The number of carbonyl (C=O) groups is 3. The smallest absolute Gasteiger partial charge is 0.306 e. The van der Waals surface area contributed by atoms with Gasteiger partial charge in [0.15, 0.2) is 6.10 Å². The first-order valence-electron chi connectivity index (χ1n) is 30.2. The molecule has 0 aromatic heterocycles. The summed E-state index contributed by atoms with van der Waals surface area (Å²) in [6.45, 7) is 6.31. The Labute approximate surface area is 455 Å². The fourth-order valence-electron chi connectivity index (χ4n) is 7.91. The van der Waals surface area contributed by atoms with E-state index in [1.807, 2.05) is 0 Å². The third-order valence-electron chi connectivity index (χ3n) is 12.4. The molecule has 74 heavy (non-hydrogen) atoms. The van der Waals surface area contributed by atoms with Crippen LogP contribution >= 0.6 is 0 Å². The highest BCUT2D eigenvalue weighted by Crippen LogP contribution is 2.15. The summed E-state index contributed by atoms with van der Waals surface area (Å²) in [4.78, 5) is 38.1. The van der Waals surface area contributed by atoms with E-state index in [9.17, 15) is 14.4 Å². The zero-order valence-electron chi connectivity index (χ0n) is 47.8. The number of unbranched alkanes of at least 4 members (excludes halogenated alkanes) is 20. The van der Waals surface area contributed by atoms with E-state index in [0.29, 0.717) is 12.8 Å². The summed E-state index contributed by atoms with van der Waals surface area (Å²) >= 11 is 0. The van der Waals surface area contributed by atoms with Crippen LogP contribution in [0.25, 0.3) is 0 Å². The monoisotopic (exact) mass is 1020 g/mol. The summed E-state index contributed by atoms with van der Waals surface area (Å²) in [5.41, 5.74) is 0. The summed E-state index contributed by atoms with van der Waals surface area (Å²) in [5, 5.41) is 0. The fraction of sp³-hybridized carbons (Fsp3) is 0.632. The van der Waals surface area contributed by atoms with Gasteiger partial charge in [0.05, 0.1) is 0 Å². The van der Waals surface area contributed by atoms with Crippen LogP contribution in [-0.2, 0) is 28.6 Å². The van der Waals surface area contributed by atoms with Gasteiger partial charge in [-0.2, -0.15) is 0 Å². The van der Waals surface area contributed by atoms with Crippen LogP contribution in [-0.4, -0.2) is 37.2 Å². The van der Waals surface area contributed by atoms with Gasteiger partial charge >= 0.3 is 17.9 Å². The van der Waals surface area contributed by atoms with E-state index >= 15 is 0 Å². The zero-order valence-corrected chi connectivity index (χ0v) is 47.8. The SMILES string of the molecule is CC/C=C\C/C=C\C/C=C\C/C=C\C/C=C\CCCCCCCCCCCCCC(=O)OCC(COC(=O)CCCCCCC/C=C\CCC)OC(=O)CCCCC/C=C\C/C=C\C/C=C\C/C=C\C/C=C\CC. The van der Waals surface area contributed by atoms with Crippen molar-refractivity contribution in [1.29, 1.82) is 0 Å². The van der Waals surface area contributed by atoms with Crippen molar-refractivity contribution >= 4 is 17.9 Å². The molecule has 0 aromatic carbocycles. The second-order valence-electron chi connectivity index (χ2n) is 19.5. The lowest BCUT2D eigenvalue weighted by atomic mass is 10.0. The Morgan fingerprint density at radius 1 is 0.284 bits per heavy atom. The van der Waals surface area contributed by atoms with Crippen LogP contribution in [0, 0.1) is 0 Å². The Hall–Kier alpha value is -4.45. The molecule has 0 fully saturated rings. The third-order valence-corrected chi connectivity index (χ3v) is 12.4. The second-order valence-corrected chi connectivity index (χ2v) is 19.5. The molecule has 0 rings (SSSR count). The van der Waals surface area contributed by atoms with Crippen molar-refractivity contribution in [2.45, 2.75) is 264 Å². The molecule has 0 saturated heterocycles. The van der Waals surface area contributed by atoms with Crippen LogP contribution in [0.4, 0.5) is 0 Å². The highest BCUT2D eigenvalue weighted by atomic mass is 16.6. The fourth-order valence-corrected chi connectivity index (χ4v) is 7.91. The molecule has 0 heterocycles. The predicted octanol–water partition coefficient (Wildman–Crippen LogP) is 20.6. The van der Waals surface area contributed by atoms with Crippen LogP contribution in [0.1, 0.15) is 258 Å². The van der Waals surface area contributed by atoms with Gasteiger partial charge in [-0.3, -0.25) is 14.4 Å². The van der Waals surface area contributed by atoms with Gasteiger partial charge < -0.3 is 14.2 Å². The van der Waals surface area contributed by atoms with E-state index in [0.717, 1.165) is 148 Å². The van der Waals surface area contributed by atoms with Gasteiger partial charge in [0.2, 0.25) is 0 Å². The van der Waals surface area contributed by atoms with Crippen molar-refractivity contribution in [2.24, 2.45) is 0 Å². The van der Waals surface area contributed by atoms with E-state index in [4.69, 9.17) is 14.2 Å². The molecule has 418 valence electrons. The summed E-state index contributed by atoms with van der Waals surface area (Å²) in [6.07, 6.45) is 86.0. The molecule has 6 heteroatoms. The van der Waals surface area contributed by atoms with Crippen molar-refractivity contribution in [3.8, 4) is 0 Å². The van der Waals surface area contributed by atoms with Gasteiger partial charge in [-0.05, 0) is 128 Å². The van der Waals surface area contributed by atoms with E-state index < -0.39 is 6.10 Å². The Morgan fingerprint density at radius 3 is 0.851 bits per heavy atom. The highest BCUT2D eigenvalue weighted by Gasteiger charge is 2.19. The van der Waals surface area contributed by atoms with Crippen LogP contribution in [0.5, 0.6) is 0 Å². The Bertz CT molecular complexity index is 1600. The van der Waals surface area contributed by atoms with Gasteiger partial charge in [0.1, 0.15) is 13.2 Å². The van der Waals surface area contributed by atoms with Crippen molar-refractivity contribution in [2.75, 3.05) is 13.2 Å². The third kappa shape index (κ3) is 58.4. The first-order valence-corrected chi connectivity index (χ1v) is 30.2. The normalized spacial score (nSPS) is 13.1. The minimum atomic E-state index is -0.804. The van der Waals surface area contributed by atoms with Crippen molar-refractivity contribution in [3.63, 3.8) is 0 Å². The Morgan fingerprint density at radius 2 is 0.527 bits per heavy atom. The molecule has 0 aromatic rings. The highest BCUT2D eigenvalue weighted by molar-refractivity contribution is 5.71. The lowest BCUT2D eigenvalue weighted by molar-refractivity contribution is -0.167. The molecule has 0 aliphatic carbocycles. The summed E-state index contributed by atoms with van der Waals surface area (Å²) in [7, 11) is 0. The predicted molar refractivity (Wildman–Crippen MR) is 320 cm³/mol. The lowest BCUT2D eigenvalue weighted by Crippen LogP contribution is -2.30. The maximum Gasteiger partial charge on any atom is 0.306 e. The van der Waals surface area contributed by atoms with Gasteiger partial charge in [-0.1, -0.05) is 244 Å². The quantitative estimate of drug-likeness (QED) is 0.0261. The van der Waals surface area contributed by atoms with Crippen molar-refractivity contribution < 1.29 is 28.6 Å². The van der Waals surface area contributed by atoms with E-state index in [-0.39, 0.29) is 37.5 Å². The van der Waals surface area contributed by atoms with Crippen LogP contribution in [0.2, 0.25) is 0 Å². The van der Waals surface area contributed by atoms with Gasteiger partial charge in [-0.25, -0.2) is 0 Å². The maximum absolute atomic E-state index is 12.9. The summed E-state index contributed by atoms with van der Waals surface area (Å²) in [6, 6.07) is 0. The van der Waals surface area contributed by atoms with E-state index in [1.54, 1.807) is 0 Å². The number of hydrogen-bond donors (Lipinski definition) is 0. The molecule has 0 radical (unpaired) electrons. The average molecular weight is 1020 g/mol. The van der Waals surface area contributed by atoms with Crippen LogP contribution in [0.3, 0.4) is 0 Å². The number of hydrogen-bond acceptors (Lipinski definition) is 6. The van der Waals surface area contributed by atoms with Crippen molar-refractivity contribution in [3.05, 3.63) is 134 Å². The molecule has 0 saturated carbocycles. The second kappa shape index (κ2) is 61.1. The van der Waals surface area contributed by atoms with Crippen molar-refractivity contribution in [1.82, 2.24) is 0 Å². The molecule has 0 spiro atoms. The summed E-state index contributed by atoms with van der Waals surface area (Å²) < 4.78 is 16.8. The Kier molecular flexibility index (Phi) is 57.4. The number of rotatable bonds is 53. The standard InChI is InChI=1S/C68H110O6/c1-4-7-10-13-16-19-22-24-26-28-30-31-32-33-34-35-36-37-39-40-42-44-46-49-52-55-58-61-67(70)73-64-65(63-72-66(69)60-57-54-51-48-21-18-15-12-9-6-3)74-68(71)62-59-56-53-50-47-45-43-41-38-29-27-25-23-20-17-14-11-8-5-2/h7-8,10-12,15-17,19-20,24-27,30-31,33-34,38,41,45,47,65H,4-6,9,13-14,18,21-23,28-29,32,35-37,39-40,42-44,46,48-64H2,1-3H3/b10-7-,11-8-,15-12-,19-16-,20-17-,26-24-,27-25-,31-30-,34-33-,41-38-,47-45-. The average Bonchev–Trinajstić information content (AvgIpc) is 3.40. The number of ether oxygens (including phenoxy) is 3. The minimum Gasteiger partial charge on any atom is -0.462 e. The topological polar surface area (TPSA) is 78.9 Å². The Balaban J connectivity index is 4.32. The van der Waals surface area contributed by atoms with E-state index in [1.165, 1.54) is 70.6 Å². The molecule has 0 amide bonds. The first kappa shape index (κ1) is 69.5. The number of carbonyl (C=O) groups excluding carboxylic acids is 3. The maximum atomic E-state index is 12.9. The molecule has 0 N–H and O–H groups in total. The molecular formula is C68H110O6. The first-order chi connectivity index (χ1) is 36.5. The molecule has 1 unspecified atom stereocenters. The van der Waals surface area contributed by atoms with Gasteiger partial charge in [-0.15, -0.1) is 0 Å². The van der Waals surface area contributed by atoms with Crippen LogP contribution < -0.4 is 0 Å². The molecule has 0 aliphatic rings. The zero-order chi connectivity index (χ0) is 53.6. The van der Waals surface area contributed by atoms with E-state index in [2.05, 4.69) is 154 Å². The molecule has 0 bridgehead atoms. The molecule has 6 nitrogen and oxygen atoms in total. The summed E-state index contributed by atoms with van der Waals surface area (Å²) in [5.74, 6) is -0.948. The molecule has 0 aliphatic heterocycles. The number of esters is 3.